The van der Waals surface area contributed by atoms with Crippen LogP contribution in [0.5, 0.6) is 0 Å². The molecule has 0 aromatic rings. The second-order valence-corrected chi connectivity index (χ2v) is 3.98. The molecule has 0 aromatic carbocycles. The maximum atomic E-state index is 11.8. The minimum atomic E-state index is -0.606. The van der Waals surface area contributed by atoms with Gasteiger partial charge < -0.3 is 20.1 Å². The number of nitrogens with zero attached hydrogens (tertiary/aromatic N) is 1. The maximum absolute atomic E-state index is 11.8. The molecular formula is C10H21ClN2O3. The number of nitrogens with one attached hydrogen (secondary N) is 1. The van der Waals surface area contributed by atoms with E-state index in [0.29, 0.717) is 6.54 Å². The van der Waals surface area contributed by atoms with Crippen molar-refractivity contribution >= 4 is 18.3 Å². The highest BCUT2D eigenvalue weighted by molar-refractivity contribution is 5.85. The number of aliphatic hydroxyl groups excluding tert-OH is 1. The van der Waals surface area contributed by atoms with Crippen molar-refractivity contribution in [2.45, 2.75) is 25.0 Å². The first-order valence-corrected chi connectivity index (χ1v) is 5.30. The Morgan fingerprint density at radius 3 is 2.88 bits per heavy atom. The second-order valence-electron chi connectivity index (χ2n) is 3.98. The van der Waals surface area contributed by atoms with Gasteiger partial charge in [-0.25, -0.2) is 0 Å². The molecule has 0 spiro atoms. The van der Waals surface area contributed by atoms with Crippen molar-refractivity contribution in [1.82, 2.24) is 10.2 Å². The van der Waals surface area contributed by atoms with Gasteiger partial charge in [0, 0.05) is 20.7 Å². The van der Waals surface area contributed by atoms with Crippen LogP contribution in [-0.2, 0) is 9.53 Å². The Kier molecular flexibility index (Phi) is 7.66. The zero-order chi connectivity index (χ0) is 11.3. The third-order valence-electron chi connectivity index (χ3n) is 2.58. The number of carbonyl (C=O) groups is 1. The van der Waals surface area contributed by atoms with Crippen LogP contribution in [0.1, 0.15) is 12.8 Å². The van der Waals surface area contributed by atoms with Crippen molar-refractivity contribution in [3.05, 3.63) is 0 Å². The van der Waals surface area contributed by atoms with E-state index in [0.717, 1.165) is 19.4 Å². The molecule has 1 aliphatic rings. The molecule has 1 fully saturated rings. The number of hydrogen-bond donors (Lipinski definition) is 2. The fourth-order valence-electron chi connectivity index (χ4n) is 1.81. The quantitative estimate of drug-likeness (QED) is 0.701. The van der Waals surface area contributed by atoms with Crippen LogP contribution in [-0.4, -0.2) is 61.9 Å². The van der Waals surface area contributed by atoms with Crippen LogP contribution in [0.15, 0.2) is 0 Å². The molecule has 1 heterocycles. The van der Waals surface area contributed by atoms with E-state index >= 15 is 0 Å². The Morgan fingerprint density at radius 1 is 1.69 bits per heavy atom. The molecule has 1 amide bonds. The smallest absolute Gasteiger partial charge is 0.239 e. The molecule has 1 saturated heterocycles. The van der Waals surface area contributed by atoms with Crippen LogP contribution in [0.4, 0.5) is 0 Å². The van der Waals surface area contributed by atoms with Gasteiger partial charge in [-0.05, 0) is 19.4 Å². The molecule has 0 radical (unpaired) electrons. The summed E-state index contributed by atoms with van der Waals surface area (Å²) in [5.74, 6) is 0.0580. The van der Waals surface area contributed by atoms with E-state index < -0.39 is 6.10 Å². The van der Waals surface area contributed by atoms with Crippen LogP contribution in [0.25, 0.3) is 0 Å². The molecule has 0 aromatic heterocycles. The van der Waals surface area contributed by atoms with Crippen molar-refractivity contribution < 1.29 is 14.6 Å². The van der Waals surface area contributed by atoms with E-state index in [2.05, 4.69) is 5.32 Å². The molecule has 1 aliphatic heterocycles. The van der Waals surface area contributed by atoms with Crippen LogP contribution in [0.2, 0.25) is 0 Å². The molecule has 5 nitrogen and oxygen atoms in total. The lowest BCUT2D eigenvalue weighted by molar-refractivity contribution is -0.133. The third-order valence-corrected chi connectivity index (χ3v) is 2.58. The van der Waals surface area contributed by atoms with Gasteiger partial charge in [-0.15, -0.1) is 12.4 Å². The van der Waals surface area contributed by atoms with Gasteiger partial charge in [0.2, 0.25) is 5.91 Å². The highest BCUT2D eigenvalue weighted by atomic mass is 35.5. The predicted octanol–water partition coefficient (Wildman–Crippen LogP) is -0.374. The summed E-state index contributed by atoms with van der Waals surface area (Å²) in [4.78, 5) is 13.4. The van der Waals surface area contributed by atoms with Gasteiger partial charge in [-0.3, -0.25) is 4.79 Å². The largest absolute Gasteiger partial charge is 0.389 e. The standard InChI is InChI=1S/C10H20N2O3.ClH/c1-12(6-8(13)7-15-2)10(14)9-4-3-5-11-9;/h8-9,11,13H,3-7H2,1-2H3;1H. The van der Waals surface area contributed by atoms with E-state index in [9.17, 15) is 9.90 Å². The van der Waals surface area contributed by atoms with Crippen molar-refractivity contribution in [1.29, 1.82) is 0 Å². The van der Waals surface area contributed by atoms with Crippen molar-refractivity contribution in [3.63, 3.8) is 0 Å². The highest BCUT2D eigenvalue weighted by Gasteiger charge is 2.25. The van der Waals surface area contributed by atoms with Gasteiger partial charge in [0.05, 0.1) is 18.8 Å². The molecule has 1 rings (SSSR count). The lowest BCUT2D eigenvalue weighted by Gasteiger charge is -2.23. The van der Waals surface area contributed by atoms with Gasteiger partial charge in [-0.1, -0.05) is 0 Å². The van der Waals surface area contributed by atoms with Gasteiger partial charge in [0.25, 0.3) is 0 Å². The summed E-state index contributed by atoms with van der Waals surface area (Å²) < 4.78 is 4.81. The first-order valence-electron chi connectivity index (χ1n) is 5.30. The summed E-state index contributed by atoms with van der Waals surface area (Å²) in [5, 5.41) is 12.6. The minimum absolute atomic E-state index is 0. The number of halogens is 1. The molecule has 0 bridgehead atoms. The molecule has 2 atom stereocenters. The number of likely N-dealkylation sites (N-methyl/N-ethyl adjacent to an activating group) is 1. The Hall–Kier alpha value is -0.360. The molecule has 0 aliphatic carbocycles. The molecule has 2 unspecified atom stereocenters. The summed E-state index contributed by atoms with van der Waals surface area (Å²) in [6.07, 6.45) is 1.33. The number of hydrogen-bond acceptors (Lipinski definition) is 4. The van der Waals surface area contributed by atoms with Crippen molar-refractivity contribution in [2.24, 2.45) is 0 Å². The van der Waals surface area contributed by atoms with Gasteiger partial charge in [0.1, 0.15) is 0 Å². The Morgan fingerprint density at radius 2 is 2.38 bits per heavy atom. The summed E-state index contributed by atoms with van der Waals surface area (Å²) in [5.41, 5.74) is 0. The number of carbonyl (C=O) groups excluding carboxylic acids is 1. The molecule has 96 valence electrons. The fraction of sp³-hybridized carbons (Fsp3) is 0.900. The molecule has 2 N–H and O–H groups in total. The summed E-state index contributed by atoms with van der Waals surface area (Å²) in [7, 11) is 3.24. The lowest BCUT2D eigenvalue weighted by atomic mass is 10.2. The lowest BCUT2D eigenvalue weighted by Crippen LogP contribution is -2.45. The summed E-state index contributed by atoms with van der Waals surface area (Å²) in [6, 6.07) is -0.0651. The molecule has 0 saturated carbocycles. The van der Waals surface area contributed by atoms with Crippen LogP contribution in [0, 0.1) is 0 Å². The zero-order valence-electron chi connectivity index (χ0n) is 9.81. The maximum Gasteiger partial charge on any atom is 0.239 e. The summed E-state index contributed by atoms with van der Waals surface area (Å²) >= 11 is 0. The van der Waals surface area contributed by atoms with Gasteiger partial charge in [0.15, 0.2) is 0 Å². The summed E-state index contributed by atoms with van der Waals surface area (Å²) in [6.45, 7) is 1.49. The van der Waals surface area contributed by atoms with E-state index in [1.54, 1.807) is 11.9 Å². The minimum Gasteiger partial charge on any atom is -0.389 e. The van der Waals surface area contributed by atoms with Gasteiger partial charge in [-0.2, -0.15) is 0 Å². The van der Waals surface area contributed by atoms with Crippen LogP contribution >= 0.6 is 12.4 Å². The fourth-order valence-corrected chi connectivity index (χ4v) is 1.81. The average Bonchev–Trinajstić information content (AvgIpc) is 2.69. The second kappa shape index (κ2) is 7.84. The Bertz CT molecular complexity index is 210. The molecule has 6 heteroatoms. The van der Waals surface area contributed by atoms with E-state index in [1.807, 2.05) is 0 Å². The van der Waals surface area contributed by atoms with E-state index in [-0.39, 0.29) is 31.0 Å². The first kappa shape index (κ1) is 15.6. The van der Waals surface area contributed by atoms with E-state index in [4.69, 9.17) is 4.74 Å². The SMILES string of the molecule is COCC(O)CN(C)C(=O)C1CCCN1.Cl. The number of ether oxygens (including phenoxy) is 1. The van der Waals surface area contributed by atoms with E-state index in [1.165, 1.54) is 7.11 Å². The van der Waals surface area contributed by atoms with Gasteiger partial charge >= 0.3 is 0 Å². The van der Waals surface area contributed by atoms with Crippen LogP contribution in [0.3, 0.4) is 0 Å². The Labute approximate surface area is 103 Å². The third kappa shape index (κ3) is 4.65. The average molecular weight is 253 g/mol. The Balaban J connectivity index is 0.00000225. The number of rotatable bonds is 5. The van der Waals surface area contributed by atoms with Crippen molar-refractivity contribution in [3.8, 4) is 0 Å². The zero-order valence-corrected chi connectivity index (χ0v) is 10.6. The number of amides is 1. The predicted molar refractivity (Wildman–Crippen MR) is 63.8 cm³/mol. The first-order chi connectivity index (χ1) is 7.15. The number of methoxy groups -OCH3 is 1. The van der Waals surface area contributed by atoms with Crippen LogP contribution < -0.4 is 5.32 Å². The normalized spacial score (nSPS) is 21.3. The topological polar surface area (TPSA) is 61.8 Å². The number of aliphatic hydroxyl groups is 1. The molecule has 16 heavy (non-hydrogen) atoms. The highest BCUT2D eigenvalue weighted by Crippen LogP contribution is 2.07. The monoisotopic (exact) mass is 252 g/mol. The van der Waals surface area contributed by atoms with Crippen molar-refractivity contribution in [2.75, 3.05) is 33.9 Å². The molecular weight excluding hydrogens is 232 g/mol.